The Kier molecular flexibility index (Phi) is 4.57. The van der Waals surface area contributed by atoms with Gasteiger partial charge in [0, 0.05) is 0 Å². The van der Waals surface area contributed by atoms with Crippen molar-refractivity contribution in [2.75, 3.05) is 7.11 Å². The van der Waals surface area contributed by atoms with Crippen LogP contribution in [0.4, 0.5) is 0 Å². The topological polar surface area (TPSA) is 44.8 Å². The van der Waals surface area contributed by atoms with Gasteiger partial charge in [0.15, 0.2) is 0 Å². The van der Waals surface area contributed by atoms with E-state index in [1.165, 1.54) is 7.11 Å². The third-order valence-electron chi connectivity index (χ3n) is 4.46. The molecule has 0 radical (unpaired) electrons. The van der Waals surface area contributed by atoms with Crippen molar-refractivity contribution in [2.45, 2.75) is 57.1 Å². The highest BCUT2D eigenvalue weighted by Crippen LogP contribution is 2.40. The molecular formula is C15H22BClO4. The van der Waals surface area contributed by atoms with Gasteiger partial charge in [0.25, 0.3) is 0 Å². The fraction of sp³-hybridized carbons (Fsp3) is 0.667. The van der Waals surface area contributed by atoms with Crippen LogP contribution >= 0.6 is 11.6 Å². The quantitative estimate of drug-likeness (QED) is 0.456. The average Bonchev–Trinajstić information content (AvgIpc) is 2.60. The lowest BCUT2D eigenvalue weighted by molar-refractivity contribution is -0.139. The number of carbonyl (C=O) groups excluding carboxylic acids is 1. The number of hydrogen-bond acceptors (Lipinski definition) is 4. The highest BCUT2D eigenvalue weighted by Gasteiger charge is 2.52. The fourth-order valence-electron chi connectivity index (χ4n) is 2.30. The minimum absolute atomic E-state index is 0.220. The maximum absolute atomic E-state index is 11.3. The molecule has 1 heterocycles. The van der Waals surface area contributed by atoms with E-state index in [4.69, 9.17) is 20.9 Å². The van der Waals surface area contributed by atoms with Crippen molar-refractivity contribution < 1.29 is 18.8 Å². The summed E-state index contributed by atoms with van der Waals surface area (Å²) in [6, 6.07) is 0. The van der Waals surface area contributed by atoms with Gasteiger partial charge in [0.05, 0.1) is 30.1 Å². The van der Waals surface area contributed by atoms with E-state index >= 15 is 0 Å². The van der Waals surface area contributed by atoms with Crippen LogP contribution in [0.25, 0.3) is 0 Å². The number of methoxy groups -OCH3 is 1. The second-order valence-electron chi connectivity index (χ2n) is 6.50. The summed E-state index contributed by atoms with van der Waals surface area (Å²) in [5.74, 6) is -0.278. The van der Waals surface area contributed by atoms with Gasteiger partial charge in [0.1, 0.15) is 0 Å². The number of alkyl halides is 1. The summed E-state index contributed by atoms with van der Waals surface area (Å²) in [6.07, 6.45) is 4.65. The van der Waals surface area contributed by atoms with Crippen LogP contribution in [0, 0.1) is 0 Å². The van der Waals surface area contributed by atoms with Gasteiger partial charge in [-0.2, -0.15) is 0 Å². The van der Waals surface area contributed by atoms with Crippen molar-refractivity contribution in [3.05, 3.63) is 23.2 Å². The number of hydrogen-bond donors (Lipinski definition) is 0. The van der Waals surface area contributed by atoms with Crippen LogP contribution in [-0.2, 0) is 18.8 Å². The largest absolute Gasteiger partial charge is 0.490 e. The van der Waals surface area contributed by atoms with Crippen LogP contribution in [0.15, 0.2) is 23.2 Å². The molecule has 1 saturated heterocycles. The second-order valence-corrected chi connectivity index (χ2v) is 7.02. The van der Waals surface area contributed by atoms with Crippen molar-refractivity contribution in [3.63, 3.8) is 0 Å². The molecule has 1 atom stereocenters. The highest BCUT2D eigenvalue weighted by molar-refractivity contribution is 6.55. The van der Waals surface area contributed by atoms with E-state index in [0.717, 1.165) is 11.0 Å². The normalized spacial score (nSPS) is 27.1. The molecule has 0 saturated carbocycles. The molecule has 116 valence electrons. The van der Waals surface area contributed by atoms with Crippen LogP contribution < -0.4 is 0 Å². The highest BCUT2D eigenvalue weighted by atomic mass is 35.5. The monoisotopic (exact) mass is 312 g/mol. The summed E-state index contributed by atoms with van der Waals surface area (Å²) in [6.45, 7) is 8.08. The molecule has 0 N–H and O–H groups in total. The molecule has 6 heteroatoms. The molecule has 1 aliphatic carbocycles. The van der Waals surface area contributed by atoms with Crippen molar-refractivity contribution in [1.29, 1.82) is 0 Å². The van der Waals surface area contributed by atoms with Gasteiger partial charge in [-0.05, 0) is 45.2 Å². The molecule has 21 heavy (non-hydrogen) atoms. The minimum Gasteiger partial charge on any atom is -0.469 e. The summed E-state index contributed by atoms with van der Waals surface area (Å²) >= 11 is 6.37. The molecule has 1 fully saturated rings. The Bertz CT molecular complexity index is 480. The van der Waals surface area contributed by atoms with Gasteiger partial charge in [-0.1, -0.05) is 12.2 Å². The Balaban J connectivity index is 2.12. The first-order valence-electron chi connectivity index (χ1n) is 7.12. The summed E-state index contributed by atoms with van der Waals surface area (Å²) < 4.78 is 16.7. The zero-order valence-electron chi connectivity index (χ0n) is 13.2. The minimum atomic E-state index is -0.382. The van der Waals surface area contributed by atoms with Crippen LogP contribution in [0.1, 0.15) is 40.5 Å². The Morgan fingerprint density at radius 3 is 2.38 bits per heavy atom. The van der Waals surface area contributed by atoms with Crippen molar-refractivity contribution >= 4 is 24.7 Å². The predicted octanol–water partition coefficient (Wildman–Crippen LogP) is 3.04. The molecular weight excluding hydrogens is 290 g/mol. The molecule has 1 unspecified atom stereocenters. The van der Waals surface area contributed by atoms with E-state index < -0.39 is 0 Å². The molecule has 0 amide bonds. The summed E-state index contributed by atoms with van der Waals surface area (Å²) in [4.78, 5) is 11.3. The number of ether oxygens (including phenoxy) is 1. The molecule has 1 aliphatic heterocycles. The first-order valence-corrected chi connectivity index (χ1v) is 7.56. The fourth-order valence-corrected chi connectivity index (χ4v) is 2.63. The van der Waals surface area contributed by atoms with Crippen LogP contribution in [0.5, 0.6) is 0 Å². The number of rotatable bonds is 3. The second kappa shape index (κ2) is 5.78. The summed E-state index contributed by atoms with van der Waals surface area (Å²) in [5.41, 5.74) is 1.14. The molecule has 0 aromatic rings. The van der Waals surface area contributed by atoms with E-state index in [1.807, 2.05) is 39.8 Å². The molecule has 0 aromatic carbocycles. The first kappa shape index (κ1) is 16.6. The van der Waals surface area contributed by atoms with Crippen LogP contribution in [0.2, 0.25) is 0 Å². The van der Waals surface area contributed by atoms with Crippen LogP contribution in [0.3, 0.4) is 0 Å². The van der Waals surface area contributed by atoms with E-state index in [9.17, 15) is 4.79 Å². The lowest BCUT2D eigenvalue weighted by Crippen LogP contribution is -2.41. The Morgan fingerprint density at radius 1 is 1.33 bits per heavy atom. The zero-order chi connectivity index (χ0) is 15.8. The van der Waals surface area contributed by atoms with Gasteiger partial charge < -0.3 is 14.0 Å². The van der Waals surface area contributed by atoms with E-state index in [0.29, 0.717) is 6.42 Å². The standard InChI is InChI=1S/C15H22BClO4/c1-14(2)15(3,4)21-16(20-14)11-7-6-10(12(17)9-11)8-13(18)19-5/h6-7,12H,8-9H2,1-5H3. The van der Waals surface area contributed by atoms with Crippen molar-refractivity contribution in [2.24, 2.45) is 0 Å². The van der Waals surface area contributed by atoms with E-state index in [2.05, 4.69) is 4.74 Å². The average molecular weight is 313 g/mol. The summed E-state index contributed by atoms with van der Waals surface area (Å²) in [7, 11) is 0.993. The lowest BCUT2D eigenvalue weighted by Gasteiger charge is -2.32. The number of halogens is 1. The first-order chi connectivity index (χ1) is 9.66. The van der Waals surface area contributed by atoms with Gasteiger partial charge in [-0.25, -0.2) is 0 Å². The van der Waals surface area contributed by atoms with E-state index in [-0.39, 0.29) is 36.1 Å². The maximum atomic E-state index is 11.3. The molecule has 2 aliphatic rings. The molecule has 0 spiro atoms. The SMILES string of the molecule is COC(=O)CC1=CC=C(B2OC(C)(C)C(C)(C)O2)CC1Cl. The number of esters is 1. The third kappa shape index (κ3) is 3.36. The lowest BCUT2D eigenvalue weighted by atomic mass is 9.72. The zero-order valence-corrected chi connectivity index (χ0v) is 14.0. The smallest absolute Gasteiger partial charge is 0.469 e. The van der Waals surface area contributed by atoms with Gasteiger partial charge >= 0.3 is 13.1 Å². The molecule has 2 rings (SSSR count). The molecule has 0 aromatic heterocycles. The number of allylic oxidation sites excluding steroid dienone is 3. The number of carbonyl (C=O) groups is 1. The third-order valence-corrected chi connectivity index (χ3v) is 4.90. The molecule has 0 bridgehead atoms. The Morgan fingerprint density at radius 2 is 1.90 bits per heavy atom. The van der Waals surface area contributed by atoms with Crippen molar-refractivity contribution in [3.8, 4) is 0 Å². The van der Waals surface area contributed by atoms with Crippen LogP contribution in [-0.4, -0.2) is 36.8 Å². The van der Waals surface area contributed by atoms with Crippen molar-refractivity contribution in [1.82, 2.24) is 0 Å². The maximum Gasteiger partial charge on any atom is 0.490 e. The van der Waals surface area contributed by atoms with Gasteiger partial charge in [-0.3, -0.25) is 4.79 Å². The predicted molar refractivity (Wildman–Crippen MR) is 83.1 cm³/mol. The van der Waals surface area contributed by atoms with Gasteiger partial charge in [-0.15, -0.1) is 11.6 Å². The van der Waals surface area contributed by atoms with E-state index in [1.54, 1.807) is 0 Å². The van der Waals surface area contributed by atoms with Gasteiger partial charge in [0.2, 0.25) is 0 Å². The summed E-state index contributed by atoms with van der Waals surface area (Å²) in [5, 5.41) is -0.233. The Labute approximate surface area is 131 Å². The Hall–Kier alpha value is -0.775. The molecule has 4 nitrogen and oxygen atoms in total.